The van der Waals surface area contributed by atoms with Crippen molar-refractivity contribution in [1.82, 2.24) is 0 Å². The molecule has 284 valence electrons. The summed E-state index contributed by atoms with van der Waals surface area (Å²) >= 11 is 0. The van der Waals surface area contributed by atoms with Gasteiger partial charge in [-0.15, -0.1) is 0 Å². The summed E-state index contributed by atoms with van der Waals surface area (Å²) in [6.45, 7) is 0. The molecule has 12 heteroatoms. The highest BCUT2D eigenvalue weighted by molar-refractivity contribution is 6.01. The van der Waals surface area contributed by atoms with E-state index in [4.69, 9.17) is 0 Å². The predicted molar refractivity (Wildman–Crippen MR) is 187 cm³/mol. The molecule has 0 radical (unpaired) electrons. The molecule has 4 aliphatic carbocycles. The Hall–Kier alpha value is -5.78. The predicted octanol–water partition coefficient (Wildman–Crippen LogP) is 13.8. The van der Waals surface area contributed by atoms with Gasteiger partial charge in [-0.05, 0) is 121 Å². The maximum absolute atomic E-state index is 13.6. The van der Waals surface area contributed by atoms with Gasteiger partial charge in [-0.2, -0.15) is 52.7 Å². The summed E-state index contributed by atoms with van der Waals surface area (Å²) in [5, 5.41) is 0. The van der Waals surface area contributed by atoms with E-state index in [0.29, 0.717) is 66.8 Å². The van der Waals surface area contributed by atoms with Gasteiger partial charge < -0.3 is 0 Å². The minimum Gasteiger partial charge on any atom is -0.166 e. The fourth-order valence-corrected chi connectivity index (χ4v) is 7.76. The van der Waals surface area contributed by atoms with Crippen LogP contribution >= 0.6 is 0 Å². The zero-order valence-electron chi connectivity index (χ0n) is 28.4. The molecule has 0 fully saturated rings. The van der Waals surface area contributed by atoms with E-state index in [0.717, 1.165) is 48.5 Å². The van der Waals surface area contributed by atoms with Gasteiger partial charge in [-0.1, -0.05) is 78.9 Å². The Morgan fingerprint density at radius 3 is 1.27 bits per heavy atom. The first-order chi connectivity index (χ1) is 26.3. The molecular weight excluding hydrogens is 756 g/mol. The van der Waals surface area contributed by atoms with Crippen molar-refractivity contribution in [3.63, 3.8) is 0 Å². The van der Waals surface area contributed by atoms with Gasteiger partial charge in [0.15, 0.2) is 0 Å². The third kappa shape index (κ3) is 6.54. The molecule has 56 heavy (non-hydrogen) atoms. The Morgan fingerprint density at radius 2 is 0.804 bits per heavy atom. The molecule has 4 aromatic rings. The van der Waals surface area contributed by atoms with Gasteiger partial charge in [0.1, 0.15) is 0 Å². The van der Waals surface area contributed by atoms with Crippen LogP contribution < -0.4 is 0 Å². The van der Waals surface area contributed by atoms with Crippen molar-refractivity contribution in [2.75, 3.05) is 0 Å². The van der Waals surface area contributed by atoms with Crippen LogP contribution in [0.4, 0.5) is 52.7 Å². The van der Waals surface area contributed by atoms with Crippen LogP contribution in [-0.2, 0) is 24.7 Å². The van der Waals surface area contributed by atoms with Crippen molar-refractivity contribution in [2.45, 2.75) is 30.6 Å². The Kier molecular flexibility index (Phi) is 8.55. The molecule has 0 heterocycles. The van der Waals surface area contributed by atoms with E-state index in [1.807, 2.05) is 0 Å². The lowest BCUT2D eigenvalue weighted by Gasteiger charge is -2.42. The lowest BCUT2D eigenvalue weighted by atomic mass is 9.61. The highest BCUT2D eigenvalue weighted by Crippen LogP contribution is 2.58. The quantitative estimate of drug-likeness (QED) is 0.181. The van der Waals surface area contributed by atoms with Crippen LogP contribution in [0.25, 0.3) is 16.7 Å². The Labute approximate surface area is 311 Å². The molecule has 4 aromatic carbocycles. The molecule has 0 amide bonds. The second-order valence-electron chi connectivity index (χ2n) is 13.7. The van der Waals surface area contributed by atoms with Crippen molar-refractivity contribution < 1.29 is 52.7 Å². The van der Waals surface area contributed by atoms with Crippen molar-refractivity contribution >= 4 is 16.7 Å². The zero-order valence-corrected chi connectivity index (χ0v) is 28.4. The third-order valence-electron chi connectivity index (χ3n) is 10.4. The molecule has 0 bridgehead atoms. The molecule has 0 saturated heterocycles. The van der Waals surface area contributed by atoms with Crippen LogP contribution in [-0.4, -0.2) is 0 Å². The smallest absolute Gasteiger partial charge is 0.166 e. The van der Waals surface area contributed by atoms with E-state index in [9.17, 15) is 52.7 Å². The average Bonchev–Trinajstić information content (AvgIpc) is 3.15. The largest absolute Gasteiger partial charge is 0.416 e. The fraction of sp³-hybridized carbons (Fsp3) is 0.136. The number of allylic oxidation sites excluding steroid dienone is 14. The van der Waals surface area contributed by atoms with Crippen LogP contribution in [0.3, 0.4) is 0 Å². The number of alkyl halides is 12. The van der Waals surface area contributed by atoms with Crippen LogP contribution in [0.15, 0.2) is 161 Å². The van der Waals surface area contributed by atoms with Gasteiger partial charge in [0.2, 0.25) is 0 Å². The fourth-order valence-electron chi connectivity index (χ4n) is 7.76. The van der Waals surface area contributed by atoms with E-state index in [1.165, 1.54) is 48.5 Å². The lowest BCUT2D eigenvalue weighted by molar-refractivity contribution is -0.138. The molecule has 8 rings (SSSR count). The summed E-state index contributed by atoms with van der Waals surface area (Å²) in [5.41, 5.74) is 2.71. The van der Waals surface area contributed by atoms with Gasteiger partial charge in [-0.25, -0.2) is 0 Å². The van der Waals surface area contributed by atoms with Crippen molar-refractivity contribution in [1.29, 1.82) is 0 Å². The summed E-state index contributed by atoms with van der Waals surface area (Å²) < 4.78 is 163. The van der Waals surface area contributed by atoms with Crippen LogP contribution in [0, 0.1) is 5.92 Å². The van der Waals surface area contributed by atoms with Crippen molar-refractivity contribution in [3.05, 3.63) is 206 Å². The molecule has 0 nitrogen and oxygen atoms in total. The Bertz CT molecular complexity index is 2450. The maximum atomic E-state index is 13.6. The van der Waals surface area contributed by atoms with Crippen molar-refractivity contribution in [3.8, 4) is 0 Å². The zero-order chi connectivity index (χ0) is 39.9. The molecular formula is C44H24F12. The van der Waals surface area contributed by atoms with Gasteiger partial charge in [0.25, 0.3) is 0 Å². The molecule has 0 saturated carbocycles. The minimum atomic E-state index is -4.62. The average molecular weight is 781 g/mol. The lowest BCUT2D eigenvalue weighted by Crippen LogP contribution is -2.27. The summed E-state index contributed by atoms with van der Waals surface area (Å²) in [6.07, 6.45) is -7.91. The first-order valence-electron chi connectivity index (χ1n) is 17.0. The normalized spacial score (nSPS) is 19.6. The van der Waals surface area contributed by atoms with Crippen LogP contribution in [0.1, 0.15) is 50.4 Å². The monoisotopic (exact) mass is 780 g/mol. The van der Waals surface area contributed by atoms with E-state index in [2.05, 4.69) is 0 Å². The molecule has 0 aromatic heterocycles. The maximum Gasteiger partial charge on any atom is 0.416 e. The summed E-state index contributed by atoms with van der Waals surface area (Å²) in [7, 11) is 0. The van der Waals surface area contributed by atoms with E-state index in [1.54, 1.807) is 36.5 Å². The SMILES string of the molecule is FC(F)(F)c1ccc(C2=CC(c3ccc(C(F)(F)F)cc3)=C3C=CC4=C5C(=CC=C2C35)C(c2ccc(C(F)(F)F)cc2)C=C4c2ccc(C(F)(F)F)cc2)cc1. The van der Waals surface area contributed by atoms with Crippen LogP contribution in [0.2, 0.25) is 0 Å². The highest BCUT2D eigenvalue weighted by Gasteiger charge is 2.42. The number of rotatable bonds is 4. The number of hydrogen-bond acceptors (Lipinski definition) is 0. The first kappa shape index (κ1) is 37.2. The third-order valence-corrected chi connectivity index (χ3v) is 10.4. The Balaban J connectivity index is 1.35. The molecule has 0 N–H and O–H groups in total. The molecule has 0 spiro atoms. The second-order valence-corrected chi connectivity index (χ2v) is 13.7. The van der Waals surface area contributed by atoms with Gasteiger partial charge >= 0.3 is 24.7 Å². The molecule has 0 aliphatic heterocycles. The summed E-state index contributed by atoms with van der Waals surface area (Å²) in [5.74, 6) is -1.38. The molecule has 2 atom stereocenters. The number of halogens is 12. The van der Waals surface area contributed by atoms with E-state index >= 15 is 0 Å². The standard InChI is InChI=1S/C44H24F12/c45-41(46,47)27-9-1-23(2-10-27)35-21-36(24-3-11-28(12-4-24)42(48,49)50)32-19-20-34-38(26-7-15-30(16-8-26)44(54,55)56)22-37(33-18-17-31(35)39(32)40(33)34)25-5-13-29(14-6-25)43(51,52)53/h1-22,35,40H. The number of benzene rings is 4. The molecule has 2 unspecified atom stereocenters. The van der Waals surface area contributed by atoms with E-state index < -0.39 is 58.8 Å². The second kappa shape index (κ2) is 12.9. The van der Waals surface area contributed by atoms with Crippen LogP contribution in [0.5, 0.6) is 0 Å². The number of hydrogen-bond donors (Lipinski definition) is 0. The highest BCUT2D eigenvalue weighted by atomic mass is 19.4. The van der Waals surface area contributed by atoms with Crippen molar-refractivity contribution in [2.24, 2.45) is 5.92 Å². The van der Waals surface area contributed by atoms with Gasteiger partial charge in [0, 0.05) is 11.8 Å². The minimum absolute atomic E-state index is 0.384. The Morgan fingerprint density at radius 1 is 0.393 bits per heavy atom. The van der Waals surface area contributed by atoms with Gasteiger partial charge in [0.05, 0.1) is 22.3 Å². The van der Waals surface area contributed by atoms with E-state index in [-0.39, 0.29) is 0 Å². The van der Waals surface area contributed by atoms with Gasteiger partial charge in [-0.3, -0.25) is 0 Å². The topological polar surface area (TPSA) is 0 Å². The molecule has 4 aliphatic rings. The summed E-state index contributed by atoms with van der Waals surface area (Å²) in [6, 6.07) is 17.9. The summed E-state index contributed by atoms with van der Waals surface area (Å²) in [4.78, 5) is 0. The first-order valence-corrected chi connectivity index (χ1v) is 17.0.